The molecule has 0 saturated carbocycles. The summed E-state index contributed by atoms with van der Waals surface area (Å²) in [6.07, 6.45) is 3.18. The summed E-state index contributed by atoms with van der Waals surface area (Å²) < 4.78 is 0. The van der Waals surface area contributed by atoms with Gasteiger partial charge in [-0.25, -0.2) is 0 Å². The number of fused-ring (bicyclic) bond motifs is 1. The van der Waals surface area contributed by atoms with Gasteiger partial charge in [-0.1, -0.05) is 42.5 Å². The van der Waals surface area contributed by atoms with Crippen molar-refractivity contribution in [1.29, 1.82) is 0 Å². The Morgan fingerprint density at radius 2 is 1.84 bits per heavy atom. The average Bonchev–Trinajstić information content (AvgIpc) is 2.88. The number of hydrogen-bond donors (Lipinski definition) is 2. The molecule has 1 heterocycles. The maximum absolute atomic E-state index is 3.38. The van der Waals surface area contributed by atoms with Crippen LogP contribution < -0.4 is 5.32 Å². The number of aromatic nitrogens is 1. The van der Waals surface area contributed by atoms with Crippen LogP contribution in [-0.4, -0.2) is 18.6 Å². The summed E-state index contributed by atoms with van der Waals surface area (Å²) in [6, 6.07) is 17.1. The number of benzene rings is 2. The molecule has 2 aromatic carbocycles. The van der Waals surface area contributed by atoms with E-state index in [4.69, 9.17) is 0 Å². The molecule has 1 aromatic heterocycles. The van der Waals surface area contributed by atoms with Gasteiger partial charge in [0.1, 0.15) is 0 Å². The molecular formula is C17H18N2. The average molecular weight is 250 g/mol. The van der Waals surface area contributed by atoms with Crippen LogP contribution in [0.15, 0.2) is 54.7 Å². The largest absolute Gasteiger partial charge is 0.361 e. The van der Waals surface area contributed by atoms with E-state index in [2.05, 4.69) is 59.0 Å². The first kappa shape index (κ1) is 12.0. The Kier molecular flexibility index (Phi) is 3.34. The monoisotopic (exact) mass is 250 g/mol. The third kappa shape index (κ3) is 2.40. The third-order valence-corrected chi connectivity index (χ3v) is 3.52. The van der Waals surface area contributed by atoms with E-state index in [1.165, 1.54) is 27.6 Å². The topological polar surface area (TPSA) is 27.8 Å². The van der Waals surface area contributed by atoms with Crippen LogP contribution in [0.5, 0.6) is 0 Å². The van der Waals surface area contributed by atoms with Crippen LogP contribution in [0.2, 0.25) is 0 Å². The van der Waals surface area contributed by atoms with Crippen molar-refractivity contribution in [3.8, 4) is 11.1 Å². The minimum atomic E-state index is 1.01. The predicted octanol–water partition coefficient (Wildman–Crippen LogP) is 3.60. The fourth-order valence-electron chi connectivity index (χ4n) is 2.46. The predicted molar refractivity (Wildman–Crippen MR) is 81.4 cm³/mol. The highest BCUT2D eigenvalue weighted by Gasteiger charge is 2.05. The van der Waals surface area contributed by atoms with Crippen LogP contribution in [0.25, 0.3) is 22.0 Å². The first-order chi connectivity index (χ1) is 9.38. The summed E-state index contributed by atoms with van der Waals surface area (Å²) in [5, 5.41) is 4.52. The third-order valence-electron chi connectivity index (χ3n) is 3.52. The van der Waals surface area contributed by atoms with Gasteiger partial charge in [0.05, 0.1) is 0 Å². The lowest BCUT2D eigenvalue weighted by Gasteiger charge is -2.03. The van der Waals surface area contributed by atoms with Crippen molar-refractivity contribution < 1.29 is 0 Å². The summed E-state index contributed by atoms with van der Waals surface area (Å²) in [4.78, 5) is 3.38. The maximum Gasteiger partial charge on any atom is 0.0463 e. The van der Waals surface area contributed by atoms with Crippen molar-refractivity contribution in [2.75, 3.05) is 13.6 Å². The molecule has 0 atom stereocenters. The number of H-pyrrole nitrogens is 1. The second-order valence-electron chi connectivity index (χ2n) is 4.79. The van der Waals surface area contributed by atoms with Gasteiger partial charge in [0.2, 0.25) is 0 Å². The number of nitrogens with one attached hydrogen (secondary N) is 2. The molecule has 0 bridgehead atoms. The molecular weight excluding hydrogens is 232 g/mol. The molecule has 0 unspecified atom stereocenters. The van der Waals surface area contributed by atoms with Crippen molar-refractivity contribution >= 4 is 10.9 Å². The zero-order valence-corrected chi connectivity index (χ0v) is 11.1. The lowest BCUT2D eigenvalue weighted by atomic mass is 10.0. The fraction of sp³-hybridized carbons (Fsp3) is 0.176. The Bertz CT molecular complexity index is 668. The van der Waals surface area contributed by atoms with Gasteiger partial charge in [0.25, 0.3) is 0 Å². The zero-order chi connectivity index (χ0) is 13.1. The van der Waals surface area contributed by atoms with Crippen molar-refractivity contribution in [1.82, 2.24) is 10.3 Å². The Balaban J connectivity index is 1.99. The highest BCUT2D eigenvalue weighted by atomic mass is 14.8. The molecule has 0 amide bonds. The zero-order valence-electron chi connectivity index (χ0n) is 11.1. The van der Waals surface area contributed by atoms with Gasteiger partial charge in [-0.3, -0.25) is 0 Å². The van der Waals surface area contributed by atoms with E-state index < -0.39 is 0 Å². The van der Waals surface area contributed by atoms with E-state index in [-0.39, 0.29) is 0 Å². The Labute approximate surface area is 113 Å². The van der Waals surface area contributed by atoms with Gasteiger partial charge in [-0.2, -0.15) is 0 Å². The lowest BCUT2D eigenvalue weighted by molar-refractivity contribution is 0.795. The van der Waals surface area contributed by atoms with Crippen molar-refractivity contribution in [3.05, 3.63) is 60.3 Å². The van der Waals surface area contributed by atoms with Crippen molar-refractivity contribution in [3.63, 3.8) is 0 Å². The van der Waals surface area contributed by atoms with E-state index in [0.717, 1.165) is 13.0 Å². The van der Waals surface area contributed by atoms with Crippen LogP contribution in [0, 0.1) is 0 Å². The summed E-state index contributed by atoms with van der Waals surface area (Å²) in [5.41, 5.74) is 5.11. The molecule has 2 heteroatoms. The molecule has 0 spiro atoms. The molecule has 2 N–H and O–H groups in total. The quantitative estimate of drug-likeness (QED) is 0.727. The van der Waals surface area contributed by atoms with E-state index in [1.807, 2.05) is 13.1 Å². The number of rotatable bonds is 4. The smallest absolute Gasteiger partial charge is 0.0463 e. The maximum atomic E-state index is 3.38. The van der Waals surface area contributed by atoms with Crippen molar-refractivity contribution in [2.45, 2.75) is 6.42 Å². The summed E-state index contributed by atoms with van der Waals surface area (Å²) in [5.74, 6) is 0. The first-order valence-electron chi connectivity index (χ1n) is 6.68. The fourth-order valence-corrected chi connectivity index (χ4v) is 2.46. The number of aromatic amines is 1. The number of likely N-dealkylation sites (N-methyl/N-ethyl adjacent to an activating group) is 1. The lowest BCUT2D eigenvalue weighted by Crippen LogP contribution is -2.09. The molecule has 19 heavy (non-hydrogen) atoms. The van der Waals surface area contributed by atoms with E-state index in [0.29, 0.717) is 0 Å². The highest BCUT2D eigenvalue weighted by Crippen LogP contribution is 2.25. The molecule has 0 aliphatic rings. The molecule has 3 aromatic rings. The minimum Gasteiger partial charge on any atom is -0.361 e. The van der Waals surface area contributed by atoms with Crippen LogP contribution in [0.3, 0.4) is 0 Å². The van der Waals surface area contributed by atoms with Gasteiger partial charge >= 0.3 is 0 Å². The molecule has 96 valence electrons. The van der Waals surface area contributed by atoms with Crippen molar-refractivity contribution in [2.24, 2.45) is 0 Å². The molecule has 0 saturated heterocycles. The molecule has 0 aliphatic heterocycles. The SMILES string of the molecule is CNCCc1c[nH]c2cc(-c3ccccc3)ccc12. The van der Waals surface area contributed by atoms with Gasteiger partial charge in [0.15, 0.2) is 0 Å². The van der Waals surface area contributed by atoms with E-state index in [1.54, 1.807) is 0 Å². The van der Waals surface area contributed by atoms with Crippen LogP contribution in [0.1, 0.15) is 5.56 Å². The van der Waals surface area contributed by atoms with E-state index >= 15 is 0 Å². The van der Waals surface area contributed by atoms with Gasteiger partial charge in [-0.15, -0.1) is 0 Å². The van der Waals surface area contributed by atoms with E-state index in [9.17, 15) is 0 Å². The van der Waals surface area contributed by atoms with Crippen LogP contribution in [0.4, 0.5) is 0 Å². The van der Waals surface area contributed by atoms with Gasteiger partial charge in [-0.05, 0) is 42.8 Å². The van der Waals surface area contributed by atoms with Gasteiger partial charge in [0, 0.05) is 17.1 Å². The molecule has 2 nitrogen and oxygen atoms in total. The minimum absolute atomic E-state index is 1.01. The van der Waals surface area contributed by atoms with Gasteiger partial charge < -0.3 is 10.3 Å². The Hall–Kier alpha value is -2.06. The summed E-state index contributed by atoms with van der Waals surface area (Å²) >= 11 is 0. The number of hydrogen-bond acceptors (Lipinski definition) is 1. The molecule has 0 aliphatic carbocycles. The van der Waals surface area contributed by atoms with Crippen LogP contribution >= 0.6 is 0 Å². The Morgan fingerprint density at radius 1 is 1.00 bits per heavy atom. The molecule has 0 fully saturated rings. The first-order valence-corrected chi connectivity index (χ1v) is 6.68. The molecule has 3 rings (SSSR count). The molecule has 0 radical (unpaired) electrons. The Morgan fingerprint density at radius 3 is 2.63 bits per heavy atom. The second-order valence-corrected chi connectivity index (χ2v) is 4.79. The normalized spacial score (nSPS) is 11.0. The second kappa shape index (κ2) is 5.29. The standard InChI is InChI=1S/C17H18N2/c1-18-10-9-15-12-19-17-11-14(7-8-16(15)17)13-5-3-2-4-6-13/h2-8,11-12,18-19H,9-10H2,1H3. The highest BCUT2D eigenvalue weighted by molar-refractivity contribution is 5.87. The summed E-state index contributed by atoms with van der Waals surface area (Å²) in [7, 11) is 1.99. The summed E-state index contributed by atoms with van der Waals surface area (Å²) in [6.45, 7) is 1.01. The van der Waals surface area contributed by atoms with Crippen LogP contribution in [-0.2, 0) is 6.42 Å².